The summed E-state index contributed by atoms with van der Waals surface area (Å²) >= 11 is 5.26. The Balaban J connectivity index is 1.70. The lowest BCUT2D eigenvalue weighted by atomic mass is 9.97. The predicted molar refractivity (Wildman–Crippen MR) is 116 cm³/mol. The number of thiocarbonyl (C=S) groups is 1. The van der Waals surface area contributed by atoms with Crippen molar-refractivity contribution in [2.45, 2.75) is 12.5 Å². The number of hydrogen-bond donors (Lipinski definition) is 1. The smallest absolute Gasteiger partial charge is 0.187 e. The molecule has 0 radical (unpaired) electrons. The SMILES string of the molecule is COc1ccc(C2CC(c3ccc4ccccc4c3)=NN2C(N)=S)cc1OC. The average Bonchev–Trinajstić information content (AvgIpc) is 3.18. The van der Waals surface area contributed by atoms with E-state index >= 15 is 0 Å². The number of ether oxygens (including phenoxy) is 2. The zero-order chi connectivity index (χ0) is 19.7. The summed E-state index contributed by atoms with van der Waals surface area (Å²) < 4.78 is 10.8. The maximum atomic E-state index is 5.98. The Hall–Kier alpha value is -3.12. The molecule has 1 aliphatic rings. The van der Waals surface area contributed by atoms with Gasteiger partial charge < -0.3 is 15.2 Å². The Morgan fingerprint density at radius 3 is 2.46 bits per heavy atom. The third-order valence-corrected chi connectivity index (χ3v) is 5.20. The molecule has 1 heterocycles. The summed E-state index contributed by atoms with van der Waals surface area (Å²) in [6, 6.07) is 20.4. The van der Waals surface area contributed by atoms with Crippen molar-refractivity contribution in [1.29, 1.82) is 0 Å². The fourth-order valence-electron chi connectivity index (χ4n) is 3.58. The van der Waals surface area contributed by atoms with Crippen molar-refractivity contribution >= 4 is 33.8 Å². The fourth-order valence-corrected chi connectivity index (χ4v) is 3.74. The molecular formula is C22H21N3O2S. The molecule has 2 N–H and O–H groups in total. The average molecular weight is 391 g/mol. The van der Waals surface area contributed by atoms with Gasteiger partial charge in [-0.25, -0.2) is 5.01 Å². The molecule has 1 atom stereocenters. The van der Waals surface area contributed by atoms with Crippen LogP contribution in [0.4, 0.5) is 0 Å². The predicted octanol–water partition coefficient (Wildman–Crippen LogP) is 4.25. The molecule has 0 fully saturated rings. The van der Waals surface area contributed by atoms with Crippen LogP contribution in [0.2, 0.25) is 0 Å². The van der Waals surface area contributed by atoms with E-state index in [9.17, 15) is 0 Å². The molecule has 0 spiro atoms. The Bertz CT molecular complexity index is 1080. The summed E-state index contributed by atoms with van der Waals surface area (Å²) in [5.41, 5.74) is 9.02. The van der Waals surface area contributed by atoms with Crippen LogP contribution in [0.3, 0.4) is 0 Å². The van der Waals surface area contributed by atoms with Crippen LogP contribution in [-0.4, -0.2) is 30.1 Å². The van der Waals surface area contributed by atoms with E-state index in [2.05, 4.69) is 30.3 Å². The van der Waals surface area contributed by atoms with Crippen LogP contribution >= 0.6 is 12.2 Å². The van der Waals surface area contributed by atoms with Gasteiger partial charge in [0.15, 0.2) is 16.6 Å². The number of nitrogens with two attached hydrogens (primary N) is 1. The van der Waals surface area contributed by atoms with Crippen molar-refractivity contribution < 1.29 is 9.47 Å². The number of benzene rings is 3. The number of fused-ring (bicyclic) bond motifs is 1. The largest absolute Gasteiger partial charge is 0.493 e. The summed E-state index contributed by atoms with van der Waals surface area (Å²) in [6.07, 6.45) is 0.700. The van der Waals surface area contributed by atoms with Gasteiger partial charge in [0, 0.05) is 6.42 Å². The van der Waals surface area contributed by atoms with Crippen molar-refractivity contribution in [3.63, 3.8) is 0 Å². The molecule has 0 saturated carbocycles. The molecule has 0 bridgehead atoms. The summed E-state index contributed by atoms with van der Waals surface area (Å²) in [7, 11) is 3.24. The lowest BCUT2D eigenvalue weighted by Crippen LogP contribution is -2.31. The Kier molecular flexibility index (Phi) is 4.88. The molecule has 5 nitrogen and oxygen atoms in total. The molecule has 0 saturated heterocycles. The zero-order valence-corrected chi connectivity index (χ0v) is 16.6. The van der Waals surface area contributed by atoms with Gasteiger partial charge in [0.05, 0.1) is 26.0 Å². The van der Waals surface area contributed by atoms with Gasteiger partial charge in [-0.05, 0) is 52.3 Å². The van der Waals surface area contributed by atoms with Gasteiger partial charge in [-0.1, -0.05) is 42.5 Å². The highest BCUT2D eigenvalue weighted by atomic mass is 32.1. The van der Waals surface area contributed by atoms with E-state index in [1.165, 1.54) is 10.8 Å². The second-order valence-corrected chi connectivity index (χ2v) is 7.04. The first-order valence-corrected chi connectivity index (χ1v) is 9.39. The molecule has 1 unspecified atom stereocenters. The summed E-state index contributed by atoms with van der Waals surface area (Å²) in [5.74, 6) is 1.35. The number of methoxy groups -OCH3 is 2. The van der Waals surface area contributed by atoms with Crippen LogP contribution < -0.4 is 15.2 Å². The van der Waals surface area contributed by atoms with Crippen LogP contribution in [0.25, 0.3) is 10.8 Å². The maximum absolute atomic E-state index is 5.98. The highest BCUT2D eigenvalue weighted by molar-refractivity contribution is 7.80. The van der Waals surface area contributed by atoms with Crippen LogP contribution in [0, 0.1) is 0 Å². The molecule has 0 aliphatic carbocycles. The molecular weight excluding hydrogens is 370 g/mol. The van der Waals surface area contributed by atoms with E-state index in [0.29, 0.717) is 17.9 Å². The third-order valence-electron chi connectivity index (χ3n) is 5.01. The maximum Gasteiger partial charge on any atom is 0.187 e. The van der Waals surface area contributed by atoms with Crippen molar-refractivity contribution in [3.05, 3.63) is 71.8 Å². The van der Waals surface area contributed by atoms with Crippen LogP contribution in [-0.2, 0) is 0 Å². The third kappa shape index (κ3) is 3.27. The van der Waals surface area contributed by atoms with Crippen molar-refractivity contribution in [2.24, 2.45) is 10.8 Å². The van der Waals surface area contributed by atoms with Crippen molar-refractivity contribution in [3.8, 4) is 11.5 Å². The quantitative estimate of drug-likeness (QED) is 0.674. The van der Waals surface area contributed by atoms with Crippen LogP contribution in [0.15, 0.2) is 65.8 Å². The normalized spacial score (nSPS) is 16.1. The standard InChI is InChI=1S/C22H21N3O2S/c1-26-20-10-9-17(12-21(20)27-2)19-13-18(24-25(19)22(23)28)16-8-7-14-5-3-4-6-15(14)11-16/h3-12,19H,13H2,1-2H3,(H2,23,28). The molecule has 0 amide bonds. The Morgan fingerprint density at radius 1 is 1.00 bits per heavy atom. The van der Waals surface area contributed by atoms with Gasteiger partial charge in [-0.3, -0.25) is 0 Å². The minimum atomic E-state index is -0.0845. The highest BCUT2D eigenvalue weighted by Gasteiger charge is 2.31. The molecule has 142 valence electrons. The molecule has 3 aromatic rings. The lowest BCUT2D eigenvalue weighted by molar-refractivity contribution is 0.347. The number of rotatable bonds is 4. The fraction of sp³-hybridized carbons (Fsp3) is 0.182. The molecule has 1 aliphatic heterocycles. The van der Waals surface area contributed by atoms with Gasteiger partial charge in [0.25, 0.3) is 0 Å². The molecule has 28 heavy (non-hydrogen) atoms. The zero-order valence-electron chi connectivity index (χ0n) is 15.8. The van der Waals surface area contributed by atoms with E-state index in [1.54, 1.807) is 19.2 Å². The first kappa shape index (κ1) is 18.3. The number of hydrazone groups is 1. The molecule has 0 aromatic heterocycles. The van der Waals surface area contributed by atoms with Crippen molar-refractivity contribution in [1.82, 2.24) is 5.01 Å². The van der Waals surface area contributed by atoms with E-state index in [4.69, 9.17) is 32.5 Å². The lowest BCUT2D eigenvalue weighted by Gasteiger charge is -2.22. The van der Waals surface area contributed by atoms with Gasteiger partial charge >= 0.3 is 0 Å². The summed E-state index contributed by atoms with van der Waals surface area (Å²) in [4.78, 5) is 0. The molecule has 6 heteroatoms. The minimum Gasteiger partial charge on any atom is -0.493 e. The van der Waals surface area contributed by atoms with Gasteiger partial charge in [-0.15, -0.1) is 0 Å². The van der Waals surface area contributed by atoms with E-state index in [1.807, 2.05) is 30.3 Å². The molecule has 4 rings (SSSR count). The highest BCUT2D eigenvalue weighted by Crippen LogP contribution is 2.37. The molecule has 3 aromatic carbocycles. The second-order valence-electron chi connectivity index (χ2n) is 6.63. The van der Waals surface area contributed by atoms with Crippen molar-refractivity contribution in [2.75, 3.05) is 14.2 Å². The monoisotopic (exact) mass is 391 g/mol. The van der Waals surface area contributed by atoms with E-state index in [0.717, 1.165) is 16.8 Å². The van der Waals surface area contributed by atoms with E-state index < -0.39 is 0 Å². The van der Waals surface area contributed by atoms with Gasteiger partial charge in [0.2, 0.25) is 0 Å². The first-order valence-electron chi connectivity index (χ1n) is 8.98. The van der Waals surface area contributed by atoms with Gasteiger partial charge in [-0.2, -0.15) is 5.10 Å². The van der Waals surface area contributed by atoms with Crippen LogP contribution in [0.5, 0.6) is 11.5 Å². The summed E-state index contributed by atoms with van der Waals surface area (Å²) in [5, 5.41) is 9.07. The van der Waals surface area contributed by atoms with Crippen LogP contribution in [0.1, 0.15) is 23.6 Å². The Morgan fingerprint density at radius 2 is 1.75 bits per heavy atom. The topological polar surface area (TPSA) is 60.1 Å². The number of nitrogens with zero attached hydrogens (tertiary/aromatic N) is 2. The Labute approximate surface area is 169 Å². The summed E-state index contributed by atoms with van der Waals surface area (Å²) in [6.45, 7) is 0. The van der Waals surface area contributed by atoms with Gasteiger partial charge in [0.1, 0.15) is 0 Å². The first-order chi connectivity index (χ1) is 13.6. The minimum absolute atomic E-state index is 0.0845. The second kappa shape index (κ2) is 7.48. The van der Waals surface area contributed by atoms with E-state index in [-0.39, 0.29) is 11.2 Å². The number of hydrogen-bond acceptors (Lipinski definition) is 4.